The average molecular weight is 158 g/mol. The molecule has 2 unspecified atom stereocenters. The lowest BCUT2D eigenvalue weighted by molar-refractivity contribution is 0.531. The Morgan fingerprint density at radius 3 is 2.60 bits per heavy atom. The highest BCUT2D eigenvalue weighted by Crippen LogP contribution is 2.22. The molecule has 0 aliphatic heterocycles. The van der Waals surface area contributed by atoms with E-state index in [0.717, 1.165) is 0 Å². The zero-order chi connectivity index (χ0) is 7.61. The molecule has 1 aliphatic carbocycles. The highest BCUT2D eigenvalue weighted by Gasteiger charge is 2.27. The van der Waals surface area contributed by atoms with Crippen LogP contribution in [0, 0.1) is 0 Å². The molecular weight excluding hydrogens is 148 g/mol. The summed E-state index contributed by atoms with van der Waals surface area (Å²) in [7, 11) is 0. The van der Waals surface area contributed by atoms with Crippen molar-refractivity contribution in [3.8, 4) is 0 Å². The van der Waals surface area contributed by atoms with Gasteiger partial charge in [-0.25, -0.2) is 4.21 Å². The molecule has 0 heterocycles. The molecule has 0 aromatic carbocycles. The van der Waals surface area contributed by atoms with Crippen LogP contribution in [0.4, 0.5) is 0 Å². The van der Waals surface area contributed by atoms with Gasteiger partial charge in [-0.2, -0.15) is 0 Å². The third kappa shape index (κ3) is 1.36. The van der Waals surface area contributed by atoms with E-state index >= 15 is 0 Å². The normalized spacial score (nSPS) is 34.2. The van der Waals surface area contributed by atoms with E-state index in [2.05, 4.69) is 0 Å². The largest absolute Gasteiger partial charge is 0.305 e. The molecule has 0 fully saturated rings. The van der Waals surface area contributed by atoms with Crippen molar-refractivity contribution in [2.75, 3.05) is 0 Å². The van der Waals surface area contributed by atoms with Crippen LogP contribution in [-0.2, 0) is 11.1 Å². The Morgan fingerprint density at radius 1 is 1.60 bits per heavy atom. The highest BCUT2D eigenvalue weighted by atomic mass is 32.2. The van der Waals surface area contributed by atoms with E-state index in [1.807, 2.05) is 12.2 Å². The number of hydrogen-bond donors (Lipinski definition) is 1. The van der Waals surface area contributed by atoms with Gasteiger partial charge in [0.15, 0.2) is 11.1 Å². The van der Waals surface area contributed by atoms with Crippen molar-refractivity contribution in [2.24, 2.45) is 0 Å². The van der Waals surface area contributed by atoms with Crippen molar-refractivity contribution >= 4 is 11.1 Å². The Bertz CT molecular complexity index is 208. The lowest BCUT2D eigenvalue weighted by Gasteiger charge is -2.20. The molecule has 56 valence electrons. The van der Waals surface area contributed by atoms with Crippen LogP contribution in [-0.4, -0.2) is 13.5 Å². The molecule has 0 saturated heterocycles. The lowest BCUT2D eigenvalue weighted by atomic mass is 10.0. The van der Waals surface area contributed by atoms with Gasteiger partial charge in [-0.15, -0.1) is 0 Å². The summed E-state index contributed by atoms with van der Waals surface area (Å²) in [6.45, 7) is 1.77. The minimum absolute atomic E-state index is 0.561. The van der Waals surface area contributed by atoms with E-state index in [4.69, 9.17) is 4.55 Å². The maximum Gasteiger partial charge on any atom is 0.163 e. The maximum absolute atomic E-state index is 10.7. The van der Waals surface area contributed by atoms with Gasteiger partial charge in [-0.3, -0.25) is 0 Å². The number of allylic oxidation sites excluding steroid dienone is 3. The van der Waals surface area contributed by atoms with E-state index in [1.165, 1.54) is 0 Å². The van der Waals surface area contributed by atoms with Gasteiger partial charge in [0.1, 0.15) is 0 Å². The van der Waals surface area contributed by atoms with Gasteiger partial charge in [0, 0.05) is 0 Å². The summed E-state index contributed by atoms with van der Waals surface area (Å²) < 4.78 is 19.0. The van der Waals surface area contributed by atoms with Gasteiger partial charge in [-0.1, -0.05) is 24.3 Å². The summed E-state index contributed by atoms with van der Waals surface area (Å²) in [4.78, 5) is 0. The maximum atomic E-state index is 10.7. The van der Waals surface area contributed by atoms with Crippen LogP contribution in [0.5, 0.6) is 0 Å². The molecule has 1 rings (SSSR count). The zero-order valence-electron chi connectivity index (χ0n) is 5.78. The van der Waals surface area contributed by atoms with Crippen LogP contribution in [0.1, 0.15) is 13.3 Å². The van der Waals surface area contributed by atoms with E-state index in [-0.39, 0.29) is 0 Å². The predicted octanol–water partition coefficient (Wildman–Crippen LogP) is 1.48. The Balaban J connectivity index is 2.80. The molecule has 10 heavy (non-hydrogen) atoms. The second-order valence-electron chi connectivity index (χ2n) is 2.55. The van der Waals surface area contributed by atoms with Crippen molar-refractivity contribution in [3.63, 3.8) is 0 Å². The van der Waals surface area contributed by atoms with Gasteiger partial charge in [0.2, 0.25) is 0 Å². The van der Waals surface area contributed by atoms with Crippen LogP contribution < -0.4 is 0 Å². The Hall–Kier alpha value is -0.410. The third-order valence-electron chi connectivity index (χ3n) is 1.62. The molecule has 0 aromatic rings. The lowest BCUT2D eigenvalue weighted by Crippen LogP contribution is -2.27. The SMILES string of the molecule is CC1(S(=O)O)C=CC=CC1. The monoisotopic (exact) mass is 158 g/mol. The summed E-state index contributed by atoms with van der Waals surface area (Å²) in [6.07, 6.45) is 8.00. The summed E-state index contributed by atoms with van der Waals surface area (Å²) >= 11 is -1.76. The fraction of sp³-hybridized carbons (Fsp3) is 0.429. The summed E-state index contributed by atoms with van der Waals surface area (Å²) in [5.74, 6) is 0. The summed E-state index contributed by atoms with van der Waals surface area (Å²) in [6, 6.07) is 0. The van der Waals surface area contributed by atoms with E-state index in [9.17, 15) is 4.21 Å². The van der Waals surface area contributed by atoms with Gasteiger partial charge < -0.3 is 4.55 Å². The Labute approximate surface area is 62.9 Å². The summed E-state index contributed by atoms with van der Waals surface area (Å²) in [5.41, 5.74) is 0. The molecule has 0 radical (unpaired) electrons. The standard InChI is InChI=1S/C7H10O2S/c1-7(10(8)9)5-3-2-4-6-7/h2-5H,6H2,1H3,(H,8,9). The number of hydrogen-bond acceptors (Lipinski definition) is 1. The van der Waals surface area contributed by atoms with Gasteiger partial charge in [0.25, 0.3) is 0 Å². The van der Waals surface area contributed by atoms with Crippen molar-refractivity contribution in [2.45, 2.75) is 18.1 Å². The van der Waals surface area contributed by atoms with Crippen LogP contribution >= 0.6 is 0 Å². The van der Waals surface area contributed by atoms with Gasteiger partial charge in [-0.05, 0) is 13.3 Å². The van der Waals surface area contributed by atoms with Gasteiger partial charge >= 0.3 is 0 Å². The van der Waals surface area contributed by atoms with E-state index in [1.54, 1.807) is 19.1 Å². The molecule has 1 N–H and O–H groups in total. The molecule has 2 nitrogen and oxygen atoms in total. The van der Waals surface area contributed by atoms with Crippen LogP contribution in [0.2, 0.25) is 0 Å². The van der Waals surface area contributed by atoms with Crippen LogP contribution in [0.15, 0.2) is 24.3 Å². The third-order valence-corrected chi connectivity index (χ3v) is 2.72. The van der Waals surface area contributed by atoms with E-state index < -0.39 is 15.8 Å². The average Bonchev–Trinajstić information content (AvgIpc) is 1.89. The quantitative estimate of drug-likeness (QED) is 0.587. The van der Waals surface area contributed by atoms with Crippen LogP contribution in [0.25, 0.3) is 0 Å². The summed E-state index contributed by atoms with van der Waals surface area (Å²) in [5, 5.41) is 0. The first-order valence-electron chi connectivity index (χ1n) is 3.10. The first-order valence-corrected chi connectivity index (χ1v) is 4.21. The molecule has 0 bridgehead atoms. The van der Waals surface area contributed by atoms with Crippen molar-refractivity contribution in [1.82, 2.24) is 0 Å². The first kappa shape index (κ1) is 7.69. The minimum Gasteiger partial charge on any atom is -0.305 e. The molecular formula is C7H10O2S. The van der Waals surface area contributed by atoms with Crippen molar-refractivity contribution in [3.05, 3.63) is 24.3 Å². The Morgan fingerprint density at radius 2 is 2.30 bits per heavy atom. The van der Waals surface area contributed by atoms with Crippen molar-refractivity contribution in [1.29, 1.82) is 0 Å². The molecule has 1 aliphatic rings. The molecule has 0 aromatic heterocycles. The smallest absolute Gasteiger partial charge is 0.163 e. The molecule has 3 heteroatoms. The fourth-order valence-corrected chi connectivity index (χ4v) is 1.27. The second kappa shape index (κ2) is 2.68. The molecule has 2 atom stereocenters. The Kier molecular flexibility index (Phi) is 2.06. The second-order valence-corrected chi connectivity index (χ2v) is 3.98. The molecule has 0 amide bonds. The number of rotatable bonds is 1. The van der Waals surface area contributed by atoms with Crippen molar-refractivity contribution < 1.29 is 8.76 Å². The molecule has 0 spiro atoms. The topological polar surface area (TPSA) is 37.3 Å². The minimum atomic E-state index is -1.76. The van der Waals surface area contributed by atoms with Gasteiger partial charge in [0.05, 0.1) is 4.75 Å². The predicted molar refractivity (Wildman–Crippen MR) is 42.1 cm³/mol. The first-order chi connectivity index (χ1) is 4.65. The highest BCUT2D eigenvalue weighted by molar-refractivity contribution is 7.80. The van der Waals surface area contributed by atoms with Crippen LogP contribution in [0.3, 0.4) is 0 Å². The fourth-order valence-electron chi connectivity index (χ4n) is 0.837. The van der Waals surface area contributed by atoms with E-state index in [0.29, 0.717) is 6.42 Å². The zero-order valence-corrected chi connectivity index (χ0v) is 6.60. The molecule has 0 saturated carbocycles.